The quantitative estimate of drug-likeness (QED) is 0.576. The van der Waals surface area contributed by atoms with Gasteiger partial charge in [0.2, 0.25) is 0 Å². The molecule has 0 fully saturated rings. The van der Waals surface area contributed by atoms with Gasteiger partial charge in [-0.2, -0.15) is 0 Å². The van der Waals surface area contributed by atoms with Crippen LogP contribution in [0.5, 0.6) is 0 Å². The molecule has 3 rings (SSSR count). The molecular formula is C19H20N2O2S2. The summed E-state index contributed by atoms with van der Waals surface area (Å²) in [6.07, 6.45) is 0. The van der Waals surface area contributed by atoms with Crippen LogP contribution in [0.15, 0.2) is 51.2 Å². The number of aryl methyl sites for hydroxylation is 2. The van der Waals surface area contributed by atoms with Gasteiger partial charge < -0.3 is 9.42 Å². The molecule has 130 valence electrons. The normalized spacial score (nSPS) is 10.8. The van der Waals surface area contributed by atoms with Crippen molar-refractivity contribution in [3.8, 4) is 0 Å². The van der Waals surface area contributed by atoms with Gasteiger partial charge in [0.1, 0.15) is 5.76 Å². The SMILES string of the molecule is Cc1noc(C)c1CSc1ccccc1C(=O)N(C)Cc1cccs1. The molecule has 3 aromatic rings. The third kappa shape index (κ3) is 4.14. The Bertz CT molecular complexity index is 837. The first kappa shape index (κ1) is 17.8. The van der Waals surface area contributed by atoms with Gasteiger partial charge in [0.15, 0.2) is 0 Å². The van der Waals surface area contributed by atoms with Crippen LogP contribution in [0.2, 0.25) is 0 Å². The van der Waals surface area contributed by atoms with Crippen LogP contribution in [0, 0.1) is 13.8 Å². The van der Waals surface area contributed by atoms with E-state index in [0.717, 1.165) is 33.2 Å². The van der Waals surface area contributed by atoms with E-state index < -0.39 is 0 Å². The first-order valence-corrected chi connectivity index (χ1v) is 9.84. The molecule has 0 N–H and O–H groups in total. The predicted molar refractivity (Wildman–Crippen MR) is 102 cm³/mol. The average Bonchev–Trinajstić information content (AvgIpc) is 3.23. The standard InChI is InChI=1S/C19H20N2O2S2/c1-13-17(14(2)23-20-13)12-25-18-9-5-4-8-16(18)19(22)21(3)11-15-7-6-10-24-15/h4-10H,11-12H2,1-3H3. The maximum Gasteiger partial charge on any atom is 0.255 e. The Balaban J connectivity index is 1.75. The van der Waals surface area contributed by atoms with E-state index in [1.165, 1.54) is 4.88 Å². The number of aromatic nitrogens is 1. The van der Waals surface area contributed by atoms with Gasteiger partial charge in [-0.15, -0.1) is 23.1 Å². The van der Waals surface area contributed by atoms with E-state index in [1.54, 1.807) is 28.0 Å². The molecule has 0 saturated heterocycles. The van der Waals surface area contributed by atoms with E-state index in [2.05, 4.69) is 5.16 Å². The summed E-state index contributed by atoms with van der Waals surface area (Å²) in [6, 6.07) is 11.8. The lowest BCUT2D eigenvalue weighted by molar-refractivity contribution is 0.0783. The maximum absolute atomic E-state index is 12.9. The molecule has 0 aliphatic heterocycles. The highest BCUT2D eigenvalue weighted by molar-refractivity contribution is 7.98. The van der Waals surface area contributed by atoms with Gasteiger partial charge in [0.25, 0.3) is 5.91 Å². The maximum atomic E-state index is 12.9. The number of hydrogen-bond acceptors (Lipinski definition) is 5. The fourth-order valence-electron chi connectivity index (χ4n) is 2.54. The van der Waals surface area contributed by atoms with Crippen LogP contribution in [-0.2, 0) is 12.3 Å². The fraction of sp³-hybridized carbons (Fsp3) is 0.263. The second-order valence-electron chi connectivity index (χ2n) is 5.83. The number of carbonyl (C=O) groups is 1. The van der Waals surface area contributed by atoms with E-state index in [0.29, 0.717) is 6.54 Å². The third-order valence-corrected chi connectivity index (χ3v) is 5.95. The van der Waals surface area contributed by atoms with Crippen molar-refractivity contribution >= 4 is 29.0 Å². The Kier molecular flexibility index (Phi) is 5.60. The van der Waals surface area contributed by atoms with Crippen LogP contribution in [0.1, 0.15) is 32.3 Å². The van der Waals surface area contributed by atoms with Crippen molar-refractivity contribution in [1.82, 2.24) is 10.1 Å². The molecular weight excluding hydrogens is 352 g/mol. The van der Waals surface area contributed by atoms with Crippen LogP contribution in [0.4, 0.5) is 0 Å². The summed E-state index contributed by atoms with van der Waals surface area (Å²) in [5.41, 5.74) is 2.74. The van der Waals surface area contributed by atoms with Crippen molar-refractivity contribution in [3.63, 3.8) is 0 Å². The van der Waals surface area contributed by atoms with Crippen molar-refractivity contribution in [2.45, 2.75) is 31.0 Å². The minimum Gasteiger partial charge on any atom is -0.361 e. The number of nitrogens with zero attached hydrogens (tertiary/aromatic N) is 2. The van der Waals surface area contributed by atoms with Crippen LogP contribution in [-0.4, -0.2) is 23.0 Å². The van der Waals surface area contributed by atoms with Crippen molar-refractivity contribution < 1.29 is 9.32 Å². The summed E-state index contributed by atoms with van der Waals surface area (Å²) >= 11 is 3.31. The second-order valence-corrected chi connectivity index (χ2v) is 7.88. The van der Waals surface area contributed by atoms with Crippen LogP contribution < -0.4 is 0 Å². The third-order valence-electron chi connectivity index (χ3n) is 3.99. The number of thiophene rings is 1. The molecule has 0 spiro atoms. The highest BCUT2D eigenvalue weighted by Gasteiger charge is 2.17. The topological polar surface area (TPSA) is 46.3 Å². The van der Waals surface area contributed by atoms with Gasteiger partial charge in [-0.3, -0.25) is 4.79 Å². The fourth-order valence-corrected chi connectivity index (χ4v) is 4.50. The minimum atomic E-state index is 0.0373. The lowest BCUT2D eigenvalue weighted by Gasteiger charge is -2.18. The molecule has 0 radical (unpaired) electrons. The largest absolute Gasteiger partial charge is 0.361 e. The minimum absolute atomic E-state index is 0.0373. The molecule has 0 atom stereocenters. The Morgan fingerprint density at radius 3 is 2.72 bits per heavy atom. The predicted octanol–water partition coefficient (Wildman–Crippen LogP) is 4.92. The van der Waals surface area contributed by atoms with Crippen molar-refractivity contribution in [3.05, 3.63) is 69.2 Å². The lowest BCUT2D eigenvalue weighted by atomic mass is 10.2. The molecule has 25 heavy (non-hydrogen) atoms. The molecule has 0 saturated carbocycles. The molecule has 2 heterocycles. The van der Waals surface area contributed by atoms with Crippen LogP contribution >= 0.6 is 23.1 Å². The van der Waals surface area contributed by atoms with Crippen molar-refractivity contribution in [1.29, 1.82) is 0 Å². The summed E-state index contributed by atoms with van der Waals surface area (Å²) in [4.78, 5) is 16.8. The van der Waals surface area contributed by atoms with Gasteiger partial charge in [0.05, 0.1) is 17.8 Å². The zero-order valence-electron chi connectivity index (χ0n) is 14.5. The van der Waals surface area contributed by atoms with Crippen molar-refractivity contribution in [2.75, 3.05) is 7.05 Å². The van der Waals surface area contributed by atoms with Gasteiger partial charge >= 0.3 is 0 Å². The number of thioether (sulfide) groups is 1. The van der Waals surface area contributed by atoms with E-state index in [4.69, 9.17) is 4.52 Å². The van der Waals surface area contributed by atoms with Crippen LogP contribution in [0.3, 0.4) is 0 Å². The summed E-state index contributed by atoms with van der Waals surface area (Å²) in [5.74, 6) is 1.61. The molecule has 1 aromatic carbocycles. The first-order valence-electron chi connectivity index (χ1n) is 7.97. The summed E-state index contributed by atoms with van der Waals surface area (Å²) in [5, 5.41) is 6.02. The first-order chi connectivity index (χ1) is 12.1. The Hall–Kier alpha value is -2.05. The van der Waals surface area contributed by atoms with Gasteiger partial charge in [-0.05, 0) is 37.4 Å². The monoisotopic (exact) mass is 372 g/mol. The zero-order chi connectivity index (χ0) is 17.8. The number of carbonyl (C=O) groups excluding carboxylic acids is 1. The Morgan fingerprint density at radius 2 is 2.04 bits per heavy atom. The van der Waals surface area contributed by atoms with Gasteiger partial charge in [-0.1, -0.05) is 23.4 Å². The highest BCUT2D eigenvalue weighted by atomic mass is 32.2. The average molecular weight is 373 g/mol. The zero-order valence-corrected chi connectivity index (χ0v) is 16.1. The molecule has 0 aliphatic rings. The van der Waals surface area contributed by atoms with E-state index in [9.17, 15) is 4.79 Å². The van der Waals surface area contributed by atoms with Crippen molar-refractivity contribution in [2.24, 2.45) is 0 Å². The Labute approximate surface area is 155 Å². The number of amides is 1. The molecule has 0 aliphatic carbocycles. The Morgan fingerprint density at radius 1 is 1.24 bits per heavy atom. The molecule has 0 bridgehead atoms. The smallest absolute Gasteiger partial charge is 0.255 e. The molecule has 1 amide bonds. The summed E-state index contributed by atoms with van der Waals surface area (Å²) in [6.45, 7) is 4.49. The molecule has 2 aromatic heterocycles. The van der Waals surface area contributed by atoms with E-state index >= 15 is 0 Å². The summed E-state index contributed by atoms with van der Waals surface area (Å²) in [7, 11) is 1.85. The summed E-state index contributed by atoms with van der Waals surface area (Å²) < 4.78 is 5.22. The number of benzene rings is 1. The lowest BCUT2D eigenvalue weighted by Crippen LogP contribution is -2.26. The number of rotatable bonds is 6. The highest BCUT2D eigenvalue weighted by Crippen LogP contribution is 2.29. The van der Waals surface area contributed by atoms with E-state index in [1.807, 2.05) is 62.7 Å². The van der Waals surface area contributed by atoms with Crippen LogP contribution in [0.25, 0.3) is 0 Å². The van der Waals surface area contributed by atoms with Gasteiger partial charge in [-0.25, -0.2) is 0 Å². The number of hydrogen-bond donors (Lipinski definition) is 0. The molecule has 0 unspecified atom stereocenters. The molecule has 6 heteroatoms. The molecule has 4 nitrogen and oxygen atoms in total. The van der Waals surface area contributed by atoms with Gasteiger partial charge in [0, 0.05) is 28.1 Å². The van der Waals surface area contributed by atoms with E-state index in [-0.39, 0.29) is 5.91 Å². The second kappa shape index (κ2) is 7.89.